The lowest BCUT2D eigenvalue weighted by molar-refractivity contribution is 0.668. The number of aliphatic imine (C=N–C) groups is 1. The molecule has 154 valence electrons. The van der Waals surface area contributed by atoms with Crippen LogP contribution in [0, 0.1) is 0 Å². The van der Waals surface area contributed by atoms with Gasteiger partial charge in [0, 0.05) is 24.9 Å². The number of allylic oxidation sites excluding steroid dienone is 1. The van der Waals surface area contributed by atoms with Crippen molar-refractivity contribution in [1.29, 1.82) is 0 Å². The third-order valence-corrected chi connectivity index (χ3v) is 5.18. The molecule has 5 nitrogen and oxygen atoms in total. The molecule has 3 rings (SSSR count). The van der Waals surface area contributed by atoms with E-state index in [1.54, 1.807) is 0 Å². The van der Waals surface area contributed by atoms with E-state index < -0.39 is 0 Å². The first kappa shape index (κ1) is 20.9. The molecule has 1 aromatic carbocycles. The number of amidine groups is 1. The minimum atomic E-state index is 0.770. The van der Waals surface area contributed by atoms with Crippen molar-refractivity contribution >= 4 is 17.2 Å². The van der Waals surface area contributed by atoms with E-state index in [4.69, 9.17) is 4.99 Å². The largest absolute Gasteiger partial charge is 0.385 e. The first-order valence-electron chi connectivity index (χ1n) is 10.6. The smallest absolute Gasteiger partial charge is 0.138 e. The van der Waals surface area contributed by atoms with Crippen LogP contribution in [0.1, 0.15) is 68.5 Å². The lowest BCUT2D eigenvalue weighted by atomic mass is 10.1. The monoisotopic (exact) mass is 391 g/mol. The molecule has 2 aromatic rings. The van der Waals surface area contributed by atoms with Gasteiger partial charge in [0.15, 0.2) is 0 Å². The van der Waals surface area contributed by atoms with E-state index in [2.05, 4.69) is 67.0 Å². The zero-order valence-corrected chi connectivity index (χ0v) is 18.0. The van der Waals surface area contributed by atoms with Crippen LogP contribution in [0.5, 0.6) is 0 Å². The molecule has 0 saturated heterocycles. The molecule has 5 heteroatoms. The van der Waals surface area contributed by atoms with Crippen LogP contribution < -0.4 is 10.6 Å². The van der Waals surface area contributed by atoms with Crippen LogP contribution in [-0.4, -0.2) is 15.6 Å². The van der Waals surface area contributed by atoms with Gasteiger partial charge in [0.25, 0.3) is 0 Å². The number of hydrogen-bond donors (Lipinski definition) is 2. The molecule has 0 spiro atoms. The Hall–Kier alpha value is -2.82. The fourth-order valence-electron chi connectivity index (χ4n) is 3.64. The molecule has 1 aromatic heterocycles. The highest BCUT2D eigenvalue weighted by Gasteiger charge is 2.23. The van der Waals surface area contributed by atoms with Gasteiger partial charge in [0.1, 0.15) is 17.2 Å². The zero-order valence-electron chi connectivity index (χ0n) is 18.0. The molecule has 29 heavy (non-hydrogen) atoms. The Labute approximate surface area is 174 Å². The fourth-order valence-corrected chi connectivity index (χ4v) is 3.64. The average Bonchev–Trinajstić information content (AvgIpc) is 3.03. The topological polar surface area (TPSA) is 54.2 Å². The molecule has 0 saturated carbocycles. The van der Waals surface area contributed by atoms with Gasteiger partial charge < -0.3 is 10.6 Å². The second-order valence-electron chi connectivity index (χ2n) is 7.70. The SMILES string of the molecule is C=C(CCCCC)NCc1cccc(C2=Nc3c(CCC)nn(C)c3C(=C)N2)c1. The van der Waals surface area contributed by atoms with Crippen LogP contribution in [0.15, 0.2) is 48.1 Å². The number of nitrogens with zero attached hydrogens (tertiary/aromatic N) is 3. The Morgan fingerprint density at radius 2 is 2.03 bits per heavy atom. The third-order valence-electron chi connectivity index (χ3n) is 5.18. The molecular formula is C24H33N5. The molecular weight excluding hydrogens is 358 g/mol. The second-order valence-corrected chi connectivity index (χ2v) is 7.70. The predicted octanol–water partition coefficient (Wildman–Crippen LogP) is 5.21. The van der Waals surface area contributed by atoms with E-state index in [9.17, 15) is 0 Å². The van der Waals surface area contributed by atoms with E-state index >= 15 is 0 Å². The lowest BCUT2D eigenvalue weighted by Crippen LogP contribution is -2.26. The van der Waals surface area contributed by atoms with E-state index in [0.717, 1.165) is 65.7 Å². The summed E-state index contributed by atoms with van der Waals surface area (Å²) in [5.41, 5.74) is 7.16. The first-order valence-corrected chi connectivity index (χ1v) is 10.6. The molecule has 1 aliphatic rings. The summed E-state index contributed by atoms with van der Waals surface area (Å²) >= 11 is 0. The Balaban J connectivity index is 1.77. The highest BCUT2D eigenvalue weighted by molar-refractivity contribution is 6.07. The number of aryl methyl sites for hydroxylation is 2. The van der Waals surface area contributed by atoms with E-state index in [1.165, 1.54) is 24.8 Å². The van der Waals surface area contributed by atoms with E-state index in [1.807, 2.05) is 11.7 Å². The number of fused-ring (bicyclic) bond motifs is 1. The van der Waals surface area contributed by atoms with Crippen molar-refractivity contribution in [2.45, 2.75) is 58.9 Å². The Bertz CT molecular complexity index is 919. The highest BCUT2D eigenvalue weighted by Crippen LogP contribution is 2.32. The average molecular weight is 392 g/mol. The lowest BCUT2D eigenvalue weighted by Gasteiger charge is -2.19. The van der Waals surface area contributed by atoms with Crippen molar-refractivity contribution < 1.29 is 0 Å². The minimum absolute atomic E-state index is 0.770. The van der Waals surface area contributed by atoms with Crippen molar-refractivity contribution in [3.8, 4) is 0 Å². The van der Waals surface area contributed by atoms with Gasteiger partial charge in [-0.3, -0.25) is 4.68 Å². The maximum atomic E-state index is 4.92. The maximum absolute atomic E-state index is 4.92. The van der Waals surface area contributed by atoms with Crippen LogP contribution in [0.25, 0.3) is 5.70 Å². The molecule has 0 amide bonds. The quantitative estimate of drug-likeness (QED) is 0.547. The molecule has 0 bridgehead atoms. The van der Waals surface area contributed by atoms with Crippen LogP contribution in [0.3, 0.4) is 0 Å². The summed E-state index contributed by atoms with van der Waals surface area (Å²) in [4.78, 5) is 4.92. The number of rotatable bonds is 10. The van der Waals surface area contributed by atoms with Crippen LogP contribution in [-0.2, 0) is 20.0 Å². The molecule has 1 aliphatic heterocycles. The Morgan fingerprint density at radius 1 is 1.21 bits per heavy atom. The fraction of sp³-hybridized carbons (Fsp3) is 0.417. The van der Waals surface area contributed by atoms with E-state index in [-0.39, 0.29) is 0 Å². The van der Waals surface area contributed by atoms with Gasteiger partial charge in [-0.1, -0.05) is 64.5 Å². The van der Waals surface area contributed by atoms with Crippen molar-refractivity contribution in [2.24, 2.45) is 12.0 Å². The molecule has 0 unspecified atom stereocenters. The summed E-state index contributed by atoms with van der Waals surface area (Å²) < 4.78 is 1.88. The van der Waals surface area contributed by atoms with Gasteiger partial charge in [-0.25, -0.2) is 4.99 Å². The number of aromatic nitrogens is 2. The number of hydrogen-bond acceptors (Lipinski definition) is 4. The van der Waals surface area contributed by atoms with Gasteiger partial charge in [-0.15, -0.1) is 0 Å². The molecule has 0 atom stereocenters. The predicted molar refractivity (Wildman–Crippen MR) is 122 cm³/mol. The van der Waals surface area contributed by atoms with Crippen molar-refractivity contribution in [2.75, 3.05) is 0 Å². The number of benzene rings is 1. The number of unbranched alkanes of at least 4 members (excludes halogenated alkanes) is 2. The summed E-state index contributed by atoms with van der Waals surface area (Å²) in [6.07, 6.45) is 6.66. The van der Waals surface area contributed by atoms with Gasteiger partial charge in [0.2, 0.25) is 0 Å². The van der Waals surface area contributed by atoms with Crippen LogP contribution in [0.4, 0.5) is 5.69 Å². The van der Waals surface area contributed by atoms with Gasteiger partial charge in [-0.2, -0.15) is 5.10 Å². The van der Waals surface area contributed by atoms with E-state index in [0.29, 0.717) is 0 Å². The van der Waals surface area contributed by atoms with Gasteiger partial charge in [-0.05, 0) is 30.9 Å². The number of nitrogens with one attached hydrogen (secondary N) is 2. The van der Waals surface area contributed by atoms with Crippen LogP contribution in [0.2, 0.25) is 0 Å². The van der Waals surface area contributed by atoms with Gasteiger partial charge in [0.05, 0.1) is 11.4 Å². The second kappa shape index (κ2) is 9.59. The Kier molecular flexibility index (Phi) is 6.91. The zero-order chi connectivity index (χ0) is 20.8. The van der Waals surface area contributed by atoms with Crippen molar-refractivity contribution in [1.82, 2.24) is 20.4 Å². The normalized spacial score (nSPS) is 12.9. The summed E-state index contributed by atoms with van der Waals surface area (Å²) in [6, 6.07) is 8.46. The van der Waals surface area contributed by atoms with Crippen LogP contribution >= 0.6 is 0 Å². The van der Waals surface area contributed by atoms with Gasteiger partial charge >= 0.3 is 0 Å². The summed E-state index contributed by atoms with van der Waals surface area (Å²) in [7, 11) is 1.95. The maximum Gasteiger partial charge on any atom is 0.138 e. The molecule has 0 fully saturated rings. The van der Waals surface area contributed by atoms with Crippen molar-refractivity contribution in [3.05, 3.63) is 65.6 Å². The summed E-state index contributed by atoms with van der Waals surface area (Å²) in [6.45, 7) is 13.5. The molecule has 0 aliphatic carbocycles. The Morgan fingerprint density at radius 3 is 2.79 bits per heavy atom. The van der Waals surface area contributed by atoms with Crippen molar-refractivity contribution in [3.63, 3.8) is 0 Å². The highest BCUT2D eigenvalue weighted by atomic mass is 15.3. The molecule has 2 N–H and O–H groups in total. The molecule has 0 radical (unpaired) electrons. The standard InChI is InChI=1S/C24H33N5/c1-6-8-9-12-17(3)25-16-19-13-10-14-20(15-19)24-26-18(4)23-22(27-24)21(11-7-2)28-29(23)5/h10,13-15,25H,3-4,6-9,11-12,16H2,1-2,5H3,(H,26,27). The first-order chi connectivity index (χ1) is 14.0. The minimum Gasteiger partial charge on any atom is -0.385 e. The third kappa shape index (κ3) is 4.97. The summed E-state index contributed by atoms with van der Waals surface area (Å²) in [5.74, 6) is 0.830. The molecule has 2 heterocycles. The summed E-state index contributed by atoms with van der Waals surface area (Å²) in [5, 5.41) is 11.5.